The lowest BCUT2D eigenvalue weighted by atomic mass is 10.1. The number of sulfonamides is 1. The molecule has 0 radical (unpaired) electrons. The smallest absolute Gasteiger partial charge is 0.257 e. The Labute approximate surface area is 88.8 Å². The van der Waals surface area contributed by atoms with Crippen molar-refractivity contribution in [3.8, 4) is 0 Å². The summed E-state index contributed by atoms with van der Waals surface area (Å²) in [6.45, 7) is 2.24. The van der Waals surface area contributed by atoms with E-state index in [0.29, 0.717) is 13.0 Å². The van der Waals surface area contributed by atoms with E-state index in [1.54, 1.807) is 0 Å². The average molecular weight is 233 g/mol. The number of hydrogen-bond acceptors (Lipinski definition) is 4. The second-order valence-electron chi connectivity index (χ2n) is 3.39. The predicted octanol–water partition coefficient (Wildman–Crippen LogP) is -0.294. The summed E-state index contributed by atoms with van der Waals surface area (Å²) in [5, 5.41) is 8.71. The summed E-state index contributed by atoms with van der Waals surface area (Å²) in [6, 6.07) is 0. The molecule has 0 spiro atoms. The van der Waals surface area contributed by atoms with Crippen molar-refractivity contribution in [2.45, 2.75) is 18.4 Å². The van der Waals surface area contributed by atoms with Crippen molar-refractivity contribution in [2.75, 3.05) is 13.2 Å². The topological polar surface area (TPSA) is 95.1 Å². The van der Waals surface area contributed by atoms with Crippen molar-refractivity contribution in [3.05, 3.63) is 12.5 Å². The van der Waals surface area contributed by atoms with Crippen LogP contribution in [0.3, 0.4) is 0 Å². The van der Waals surface area contributed by atoms with Gasteiger partial charge >= 0.3 is 0 Å². The van der Waals surface area contributed by atoms with E-state index < -0.39 is 10.0 Å². The van der Waals surface area contributed by atoms with Crippen LogP contribution in [-0.4, -0.2) is 36.6 Å². The summed E-state index contributed by atoms with van der Waals surface area (Å²) in [7, 11) is -3.48. The molecule has 0 saturated heterocycles. The van der Waals surface area contributed by atoms with Gasteiger partial charge in [0.25, 0.3) is 10.0 Å². The van der Waals surface area contributed by atoms with E-state index in [1.807, 2.05) is 6.92 Å². The molecule has 0 aliphatic rings. The minimum absolute atomic E-state index is 0.0544. The zero-order valence-corrected chi connectivity index (χ0v) is 9.29. The normalized spacial score (nSPS) is 14.0. The molecule has 0 aromatic carbocycles. The van der Waals surface area contributed by atoms with Crippen LogP contribution in [0.1, 0.15) is 13.3 Å². The highest BCUT2D eigenvalue weighted by Crippen LogP contribution is 2.04. The van der Waals surface area contributed by atoms with Crippen LogP contribution in [0.15, 0.2) is 17.6 Å². The van der Waals surface area contributed by atoms with Crippen molar-refractivity contribution in [1.82, 2.24) is 14.7 Å². The maximum absolute atomic E-state index is 11.6. The number of nitrogens with one attached hydrogen (secondary N) is 2. The lowest BCUT2D eigenvalue weighted by Crippen LogP contribution is -2.29. The Bertz CT molecular complexity index is 374. The highest BCUT2D eigenvalue weighted by atomic mass is 32.2. The molecular formula is C8H15N3O3S. The number of rotatable bonds is 6. The maximum Gasteiger partial charge on any atom is 0.257 e. The van der Waals surface area contributed by atoms with Crippen LogP contribution in [-0.2, 0) is 10.0 Å². The summed E-state index contributed by atoms with van der Waals surface area (Å²) in [5.74, 6) is 0.104. The molecule has 1 aromatic heterocycles. The van der Waals surface area contributed by atoms with Crippen LogP contribution in [0, 0.1) is 5.92 Å². The third-order valence-corrected chi connectivity index (χ3v) is 3.36. The second kappa shape index (κ2) is 5.24. The van der Waals surface area contributed by atoms with Gasteiger partial charge in [0.15, 0.2) is 5.03 Å². The zero-order chi connectivity index (χ0) is 11.3. The van der Waals surface area contributed by atoms with Crippen LogP contribution in [0.2, 0.25) is 0 Å². The molecule has 0 aliphatic heterocycles. The minimum atomic E-state index is -3.48. The van der Waals surface area contributed by atoms with E-state index in [0.717, 1.165) is 0 Å². The fourth-order valence-electron chi connectivity index (χ4n) is 1.04. The first kappa shape index (κ1) is 12.2. The Morgan fingerprint density at radius 1 is 1.67 bits per heavy atom. The highest BCUT2D eigenvalue weighted by Gasteiger charge is 2.15. The Kier molecular flexibility index (Phi) is 4.25. The molecule has 0 aliphatic carbocycles. The van der Waals surface area contributed by atoms with Crippen LogP contribution in [0.5, 0.6) is 0 Å². The number of H-pyrrole nitrogens is 1. The Balaban J connectivity index is 2.52. The number of hydrogen-bond donors (Lipinski definition) is 3. The predicted molar refractivity (Wildman–Crippen MR) is 54.6 cm³/mol. The molecule has 0 saturated carbocycles. The summed E-state index contributed by atoms with van der Waals surface area (Å²) >= 11 is 0. The van der Waals surface area contributed by atoms with E-state index in [2.05, 4.69) is 14.7 Å². The number of aliphatic hydroxyl groups excluding tert-OH is 1. The summed E-state index contributed by atoms with van der Waals surface area (Å²) < 4.78 is 25.6. The van der Waals surface area contributed by atoms with Crippen molar-refractivity contribution >= 4 is 10.0 Å². The summed E-state index contributed by atoms with van der Waals surface area (Å²) in [5.41, 5.74) is 0. The molecule has 1 atom stereocenters. The van der Waals surface area contributed by atoms with Crippen molar-refractivity contribution < 1.29 is 13.5 Å². The third-order valence-electron chi connectivity index (χ3n) is 2.01. The first-order valence-corrected chi connectivity index (χ1v) is 6.13. The Morgan fingerprint density at radius 3 is 2.93 bits per heavy atom. The molecular weight excluding hydrogens is 218 g/mol. The molecule has 1 heterocycles. The van der Waals surface area contributed by atoms with E-state index in [4.69, 9.17) is 5.11 Å². The summed E-state index contributed by atoms with van der Waals surface area (Å²) in [6.07, 6.45) is 3.14. The molecule has 6 nitrogen and oxygen atoms in total. The lowest BCUT2D eigenvalue weighted by molar-refractivity contribution is 0.263. The van der Waals surface area contributed by atoms with Gasteiger partial charge in [0.2, 0.25) is 0 Å². The van der Waals surface area contributed by atoms with Gasteiger partial charge in [0.05, 0.1) is 12.5 Å². The van der Waals surface area contributed by atoms with Gasteiger partial charge in [-0.25, -0.2) is 18.1 Å². The van der Waals surface area contributed by atoms with Crippen molar-refractivity contribution in [1.29, 1.82) is 0 Å². The van der Waals surface area contributed by atoms with E-state index in [-0.39, 0.29) is 17.6 Å². The number of nitrogens with zero attached hydrogens (tertiary/aromatic N) is 1. The monoisotopic (exact) mass is 233 g/mol. The van der Waals surface area contributed by atoms with Gasteiger partial charge in [0.1, 0.15) is 0 Å². The molecule has 1 rings (SSSR count). The first-order valence-electron chi connectivity index (χ1n) is 4.65. The quantitative estimate of drug-likeness (QED) is 0.629. The molecule has 1 unspecified atom stereocenters. The largest absolute Gasteiger partial charge is 0.396 e. The fourth-order valence-corrected chi connectivity index (χ4v) is 2.11. The molecule has 15 heavy (non-hydrogen) atoms. The van der Waals surface area contributed by atoms with Crippen LogP contribution in [0.4, 0.5) is 0 Å². The zero-order valence-electron chi connectivity index (χ0n) is 8.47. The Hall–Kier alpha value is -0.920. The van der Waals surface area contributed by atoms with Crippen molar-refractivity contribution in [2.24, 2.45) is 5.92 Å². The highest BCUT2D eigenvalue weighted by molar-refractivity contribution is 7.89. The fraction of sp³-hybridized carbons (Fsp3) is 0.625. The van der Waals surface area contributed by atoms with Gasteiger partial charge < -0.3 is 10.1 Å². The lowest BCUT2D eigenvalue weighted by Gasteiger charge is -2.10. The van der Waals surface area contributed by atoms with Crippen LogP contribution < -0.4 is 4.72 Å². The van der Waals surface area contributed by atoms with Gasteiger partial charge in [-0.3, -0.25) is 0 Å². The standard InChI is InChI=1S/C8H15N3O3S/c1-7(2-3-12)4-11-15(13,14)8-5-9-6-10-8/h5-7,11-12H,2-4H2,1H3,(H,9,10). The van der Waals surface area contributed by atoms with Crippen LogP contribution in [0.25, 0.3) is 0 Å². The first-order chi connectivity index (χ1) is 7.06. The molecule has 0 amide bonds. The van der Waals surface area contributed by atoms with Gasteiger partial charge in [-0.05, 0) is 12.3 Å². The number of aromatic nitrogens is 2. The average Bonchev–Trinajstić information content (AvgIpc) is 2.69. The molecule has 7 heteroatoms. The van der Waals surface area contributed by atoms with Gasteiger partial charge in [-0.15, -0.1) is 0 Å². The Morgan fingerprint density at radius 2 is 2.40 bits per heavy atom. The van der Waals surface area contributed by atoms with E-state index in [1.165, 1.54) is 12.5 Å². The van der Waals surface area contributed by atoms with Gasteiger partial charge in [-0.2, -0.15) is 0 Å². The molecule has 0 bridgehead atoms. The number of imidazole rings is 1. The maximum atomic E-state index is 11.6. The van der Waals surface area contributed by atoms with Gasteiger partial charge in [0, 0.05) is 13.2 Å². The molecule has 86 valence electrons. The number of aliphatic hydroxyl groups is 1. The second-order valence-corrected chi connectivity index (χ2v) is 5.12. The van der Waals surface area contributed by atoms with Crippen molar-refractivity contribution in [3.63, 3.8) is 0 Å². The molecule has 0 fully saturated rings. The number of aromatic amines is 1. The van der Waals surface area contributed by atoms with Gasteiger partial charge in [-0.1, -0.05) is 6.92 Å². The van der Waals surface area contributed by atoms with Crippen LogP contribution >= 0.6 is 0 Å². The third kappa shape index (κ3) is 3.61. The summed E-state index contributed by atoms with van der Waals surface area (Å²) in [4.78, 5) is 6.16. The molecule has 1 aromatic rings. The molecule has 3 N–H and O–H groups in total. The van der Waals surface area contributed by atoms with E-state index in [9.17, 15) is 8.42 Å². The minimum Gasteiger partial charge on any atom is -0.396 e. The SMILES string of the molecule is CC(CCO)CNS(=O)(=O)c1cnc[nH]1. The van der Waals surface area contributed by atoms with E-state index >= 15 is 0 Å².